The Balaban J connectivity index is -0.000000500. The maximum Gasteiger partial charge on any atom is 0.264 e. The van der Waals surface area contributed by atoms with E-state index in [1.54, 1.807) is 0 Å². The van der Waals surface area contributed by atoms with Gasteiger partial charge in [-0.15, -0.1) is 0 Å². The van der Waals surface area contributed by atoms with E-state index in [1.807, 2.05) is 0 Å². The van der Waals surface area contributed by atoms with Crippen molar-refractivity contribution < 1.29 is 25.9 Å². The van der Waals surface area contributed by atoms with Crippen molar-refractivity contribution in [3.05, 3.63) is 0 Å². The SMILES string of the molecule is O=S(=O)(O)CCCS(=O)(=O)O.[Na].[Na]. The fourth-order valence-electron chi connectivity index (χ4n) is 0.424. The van der Waals surface area contributed by atoms with Crippen molar-refractivity contribution in [1.29, 1.82) is 0 Å². The quantitative estimate of drug-likeness (QED) is 0.459. The molecule has 10 heteroatoms. The van der Waals surface area contributed by atoms with E-state index in [1.165, 1.54) is 0 Å². The summed E-state index contributed by atoms with van der Waals surface area (Å²) in [6.07, 6.45) is -0.308. The van der Waals surface area contributed by atoms with Crippen LogP contribution in [0.15, 0.2) is 0 Å². The molecule has 2 radical (unpaired) electrons. The molecule has 0 rings (SSSR count). The summed E-state index contributed by atoms with van der Waals surface area (Å²) < 4.78 is 56.2. The third kappa shape index (κ3) is 20.0. The van der Waals surface area contributed by atoms with Gasteiger partial charge in [0, 0.05) is 59.1 Å². The van der Waals surface area contributed by atoms with Crippen molar-refractivity contribution in [1.82, 2.24) is 0 Å². The van der Waals surface area contributed by atoms with Gasteiger partial charge in [0.1, 0.15) is 0 Å². The van der Waals surface area contributed by atoms with Gasteiger partial charge < -0.3 is 0 Å². The molecular formula is C3H8Na2O6S2. The van der Waals surface area contributed by atoms with Gasteiger partial charge in [-0.2, -0.15) is 16.8 Å². The third-order valence-electron chi connectivity index (χ3n) is 0.805. The van der Waals surface area contributed by atoms with Gasteiger partial charge in [0.15, 0.2) is 0 Å². The normalized spacial score (nSPS) is 11.2. The molecule has 0 spiro atoms. The van der Waals surface area contributed by atoms with E-state index in [9.17, 15) is 16.8 Å². The van der Waals surface area contributed by atoms with Crippen LogP contribution in [-0.4, -0.2) is 96.6 Å². The predicted molar refractivity (Wildman–Crippen MR) is 49.0 cm³/mol. The first-order chi connectivity index (χ1) is 4.71. The van der Waals surface area contributed by atoms with Crippen molar-refractivity contribution in [3.63, 3.8) is 0 Å². The van der Waals surface area contributed by atoms with Gasteiger partial charge in [-0.1, -0.05) is 0 Å². The summed E-state index contributed by atoms with van der Waals surface area (Å²) in [5.74, 6) is -1.32. The Morgan fingerprint density at radius 1 is 0.769 bits per heavy atom. The van der Waals surface area contributed by atoms with E-state index in [0.29, 0.717) is 0 Å². The molecule has 0 bridgehead atoms. The zero-order valence-electron chi connectivity index (χ0n) is 7.47. The summed E-state index contributed by atoms with van der Waals surface area (Å²) in [6.45, 7) is 0. The molecule has 0 aliphatic rings. The van der Waals surface area contributed by atoms with Crippen molar-refractivity contribution >= 4 is 79.4 Å². The maximum atomic E-state index is 10.00. The van der Waals surface area contributed by atoms with Crippen LogP contribution in [0.4, 0.5) is 0 Å². The molecule has 2 N–H and O–H groups in total. The van der Waals surface area contributed by atoms with Gasteiger partial charge in [0.2, 0.25) is 0 Å². The van der Waals surface area contributed by atoms with Gasteiger partial charge in [-0.25, -0.2) is 0 Å². The van der Waals surface area contributed by atoms with Crippen molar-refractivity contribution in [2.75, 3.05) is 11.5 Å². The smallest absolute Gasteiger partial charge is 0.264 e. The summed E-state index contributed by atoms with van der Waals surface area (Å²) in [6, 6.07) is 0. The van der Waals surface area contributed by atoms with E-state index >= 15 is 0 Å². The molecule has 0 aromatic carbocycles. The standard InChI is InChI=1S/C3H8O6S2.2Na/c4-10(5,6)2-1-3-11(7,8)9;;/h1-3H2,(H,4,5,6)(H,7,8,9);;. The van der Waals surface area contributed by atoms with Crippen molar-refractivity contribution in [2.45, 2.75) is 6.42 Å². The van der Waals surface area contributed by atoms with Crippen LogP contribution < -0.4 is 0 Å². The summed E-state index contributed by atoms with van der Waals surface area (Å²) >= 11 is 0. The Morgan fingerprint density at radius 3 is 1.15 bits per heavy atom. The Hall–Kier alpha value is 1.82. The molecule has 0 amide bonds. The molecule has 0 aliphatic heterocycles. The van der Waals surface area contributed by atoms with Crippen LogP contribution in [0.1, 0.15) is 6.42 Å². The molecule has 0 aliphatic carbocycles. The van der Waals surface area contributed by atoms with E-state index in [2.05, 4.69) is 0 Å². The molecule has 6 nitrogen and oxygen atoms in total. The third-order valence-corrected chi connectivity index (χ3v) is 2.41. The van der Waals surface area contributed by atoms with Crippen LogP contribution >= 0.6 is 0 Å². The zero-order valence-corrected chi connectivity index (χ0v) is 13.1. The first-order valence-corrected chi connectivity index (χ1v) is 5.83. The van der Waals surface area contributed by atoms with Crippen LogP contribution in [-0.2, 0) is 20.2 Å². The van der Waals surface area contributed by atoms with Crippen molar-refractivity contribution in [2.24, 2.45) is 0 Å². The molecule has 0 heterocycles. The summed E-state index contributed by atoms with van der Waals surface area (Å²) in [4.78, 5) is 0. The Morgan fingerprint density at radius 2 is 1.00 bits per heavy atom. The van der Waals surface area contributed by atoms with E-state index < -0.39 is 31.7 Å². The van der Waals surface area contributed by atoms with Gasteiger partial charge >= 0.3 is 0 Å². The largest absolute Gasteiger partial charge is 0.286 e. The molecule has 0 atom stereocenters. The van der Waals surface area contributed by atoms with E-state index in [0.717, 1.165) is 0 Å². The molecule has 0 saturated heterocycles. The topological polar surface area (TPSA) is 109 Å². The second kappa shape index (κ2) is 8.03. The first kappa shape index (κ1) is 20.3. The second-order valence-corrected chi connectivity index (χ2v) is 5.07. The number of rotatable bonds is 4. The van der Waals surface area contributed by atoms with Crippen LogP contribution in [0.3, 0.4) is 0 Å². The fourth-order valence-corrected chi connectivity index (χ4v) is 1.62. The van der Waals surface area contributed by atoms with Crippen LogP contribution in [0, 0.1) is 0 Å². The van der Waals surface area contributed by atoms with Crippen LogP contribution in [0.25, 0.3) is 0 Å². The molecule has 0 aromatic rings. The van der Waals surface area contributed by atoms with Crippen molar-refractivity contribution in [3.8, 4) is 0 Å². The number of hydrogen-bond acceptors (Lipinski definition) is 4. The molecule has 0 unspecified atom stereocenters. The van der Waals surface area contributed by atoms with Crippen LogP contribution in [0.2, 0.25) is 0 Å². The first-order valence-electron chi connectivity index (χ1n) is 2.61. The molecule has 13 heavy (non-hydrogen) atoms. The predicted octanol–water partition coefficient (Wildman–Crippen LogP) is -1.61. The minimum Gasteiger partial charge on any atom is -0.286 e. The molecule has 0 fully saturated rings. The summed E-state index contributed by atoms with van der Waals surface area (Å²) in [7, 11) is -8.24. The minimum absolute atomic E-state index is 0. The van der Waals surface area contributed by atoms with Gasteiger partial charge in [0.25, 0.3) is 20.2 Å². The minimum atomic E-state index is -4.12. The second-order valence-electron chi connectivity index (χ2n) is 1.93. The molecule has 70 valence electrons. The van der Waals surface area contributed by atoms with E-state index in [4.69, 9.17) is 9.11 Å². The average molecular weight is 250 g/mol. The maximum absolute atomic E-state index is 10.00. The van der Waals surface area contributed by atoms with Crippen LogP contribution in [0.5, 0.6) is 0 Å². The van der Waals surface area contributed by atoms with E-state index in [-0.39, 0.29) is 65.5 Å². The van der Waals surface area contributed by atoms with Gasteiger partial charge in [-0.05, 0) is 6.42 Å². The Kier molecular flexibility index (Phi) is 12.5. The fraction of sp³-hybridized carbons (Fsp3) is 1.00. The Labute approximate surface area is 122 Å². The monoisotopic (exact) mass is 250 g/mol. The summed E-state index contributed by atoms with van der Waals surface area (Å²) in [5.41, 5.74) is 0. The average Bonchev–Trinajstić information content (AvgIpc) is 1.55. The van der Waals surface area contributed by atoms with Gasteiger partial charge in [-0.3, -0.25) is 9.11 Å². The zero-order chi connectivity index (χ0) is 9.12. The molecular weight excluding hydrogens is 242 g/mol. The summed E-state index contributed by atoms with van der Waals surface area (Å²) in [5, 5.41) is 0. The van der Waals surface area contributed by atoms with Gasteiger partial charge in [0.05, 0.1) is 11.5 Å². The Bertz CT molecular complexity index is 273. The molecule has 0 aromatic heterocycles. The number of hydrogen-bond donors (Lipinski definition) is 2. The molecule has 0 saturated carbocycles.